The lowest BCUT2D eigenvalue weighted by Gasteiger charge is -2.24. The average Bonchev–Trinajstić information content (AvgIpc) is 3.11. The summed E-state index contributed by atoms with van der Waals surface area (Å²) in [5, 5.41) is 1.24. The van der Waals surface area contributed by atoms with Gasteiger partial charge < -0.3 is 4.57 Å². The van der Waals surface area contributed by atoms with Gasteiger partial charge in [0, 0.05) is 33.8 Å². The number of benzene rings is 2. The molecule has 6 rings (SSSR count). The Kier molecular flexibility index (Phi) is 5.67. The highest BCUT2D eigenvalue weighted by Crippen LogP contribution is 2.47. The molecule has 0 unspecified atom stereocenters. The van der Waals surface area contributed by atoms with Gasteiger partial charge in [-0.2, -0.15) is 0 Å². The molecule has 1 aliphatic heterocycles. The second-order valence-corrected chi connectivity index (χ2v) is 10.2. The SMILES string of the molecule is CC(=O)c1ccc2c(C3CCCCC3)c3n(c2c1)CC(c1ncccc1C(C)=O)=Cc1ccccc1-3. The summed E-state index contributed by atoms with van der Waals surface area (Å²) in [6.45, 7) is 3.82. The molecule has 0 N–H and O–H groups in total. The molecule has 36 heavy (non-hydrogen) atoms. The number of hydrogen-bond donors (Lipinski definition) is 0. The van der Waals surface area contributed by atoms with Gasteiger partial charge in [-0.3, -0.25) is 14.6 Å². The van der Waals surface area contributed by atoms with Crippen LogP contribution in [0.4, 0.5) is 0 Å². The summed E-state index contributed by atoms with van der Waals surface area (Å²) >= 11 is 0. The predicted molar refractivity (Wildman–Crippen MR) is 145 cm³/mol. The van der Waals surface area contributed by atoms with Gasteiger partial charge in [-0.25, -0.2) is 0 Å². The van der Waals surface area contributed by atoms with Crippen molar-refractivity contribution in [2.45, 2.75) is 58.4 Å². The molecule has 0 amide bonds. The van der Waals surface area contributed by atoms with Crippen molar-refractivity contribution in [1.82, 2.24) is 9.55 Å². The van der Waals surface area contributed by atoms with Gasteiger partial charge in [-0.05, 0) is 73.6 Å². The summed E-state index contributed by atoms with van der Waals surface area (Å²) in [5.74, 6) is 0.578. The van der Waals surface area contributed by atoms with Crippen molar-refractivity contribution >= 4 is 34.1 Å². The highest BCUT2D eigenvalue weighted by Gasteiger charge is 2.30. The Labute approximate surface area is 211 Å². The number of aromatic nitrogens is 2. The minimum Gasteiger partial charge on any atom is -0.336 e. The number of rotatable bonds is 4. The maximum absolute atomic E-state index is 12.5. The molecule has 0 atom stereocenters. The van der Waals surface area contributed by atoms with Crippen LogP contribution in [0.2, 0.25) is 0 Å². The molecule has 2 aromatic carbocycles. The number of carbonyl (C=O) groups is 2. The Balaban J connectivity index is 1.68. The Morgan fingerprint density at radius 3 is 2.50 bits per heavy atom. The number of ketones is 2. The lowest BCUT2D eigenvalue weighted by molar-refractivity contribution is 0.100. The number of Topliss-reactive ketones (excluding diaryl/α,β-unsaturated/α-hetero) is 2. The number of nitrogens with zero attached hydrogens (tertiary/aromatic N) is 2. The molecule has 2 aromatic heterocycles. The summed E-state index contributed by atoms with van der Waals surface area (Å²) in [7, 11) is 0. The van der Waals surface area contributed by atoms with Gasteiger partial charge in [0.05, 0.1) is 17.9 Å². The van der Waals surface area contributed by atoms with Gasteiger partial charge >= 0.3 is 0 Å². The predicted octanol–water partition coefficient (Wildman–Crippen LogP) is 7.71. The second kappa shape index (κ2) is 9.02. The van der Waals surface area contributed by atoms with Crippen molar-refractivity contribution in [2.75, 3.05) is 0 Å². The van der Waals surface area contributed by atoms with E-state index in [0.29, 0.717) is 18.0 Å². The second-order valence-electron chi connectivity index (χ2n) is 10.2. The third-order valence-corrected chi connectivity index (χ3v) is 7.89. The largest absolute Gasteiger partial charge is 0.336 e. The maximum atomic E-state index is 12.5. The first-order chi connectivity index (χ1) is 17.5. The van der Waals surface area contributed by atoms with Gasteiger partial charge in [0.25, 0.3) is 0 Å². The first kappa shape index (κ1) is 22.7. The average molecular weight is 475 g/mol. The number of pyridine rings is 1. The van der Waals surface area contributed by atoms with Crippen molar-refractivity contribution < 1.29 is 9.59 Å². The van der Waals surface area contributed by atoms with Crippen LogP contribution in [0, 0.1) is 0 Å². The van der Waals surface area contributed by atoms with Gasteiger partial charge in [-0.15, -0.1) is 0 Å². The van der Waals surface area contributed by atoms with E-state index in [9.17, 15) is 9.59 Å². The van der Waals surface area contributed by atoms with E-state index < -0.39 is 0 Å². The van der Waals surface area contributed by atoms with Gasteiger partial charge in [0.2, 0.25) is 0 Å². The maximum Gasteiger partial charge on any atom is 0.161 e. The first-order valence-corrected chi connectivity index (χ1v) is 13.0. The lowest BCUT2D eigenvalue weighted by Crippen LogP contribution is -2.08. The highest BCUT2D eigenvalue weighted by molar-refractivity contribution is 6.04. The third kappa shape index (κ3) is 3.72. The molecule has 180 valence electrons. The molecule has 4 nitrogen and oxygen atoms in total. The number of allylic oxidation sites excluding steroid dienone is 1. The molecule has 1 aliphatic carbocycles. The van der Waals surface area contributed by atoms with E-state index in [1.54, 1.807) is 20.0 Å². The van der Waals surface area contributed by atoms with Crippen LogP contribution in [-0.4, -0.2) is 21.1 Å². The minimum atomic E-state index is 0.0101. The number of carbonyl (C=O) groups excluding carboxylic acids is 2. The zero-order valence-electron chi connectivity index (χ0n) is 20.9. The van der Waals surface area contributed by atoms with Gasteiger partial charge in [-0.1, -0.05) is 55.7 Å². The number of hydrogen-bond acceptors (Lipinski definition) is 3. The standard InChI is InChI=1S/C32H30N2O2/c1-20(35)23-14-15-28-29(18-23)34-19-25(31-26(21(2)36)13-8-16-33-31)17-24-11-6-7-12-27(24)32(34)30(28)22-9-4-3-5-10-22/h6-8,11-18,22H,3-5,9-10,19H2,1-2H3. The molecular weight excluding hydrogens is 444 g/mol. The van der Waals surface area contributed by atoms with Crippen LogP contribution in [-0.2, 0) is 6.54 Å². The molecule has 0 radical (unpaired) electrons. The Bertz CT molecular complexity index is 1550. The molecule has 1 fully saturated rings. The van der Waals surface area contributed by atoms with Crippen molar-refractivity contribution in [2.24, 2.45) is 0 Å². The van der Waals surface area contributed by atoms with Crippen LogP contribution in [0.5, 0.6) is 0 Å². The van der Waals surface area contributed by atoms with Crippen LogP contribution >= 0.6 is 0 Å². The first-order valence-electron chi connectivity index (χ1n) is 13.0. The fourth-order valence-electron chi connectivity index (χ4n) is 6.19. The summed E-state index contributed by atoms with van der Waals surface area (Å²) in [4.78, 5) is 29.6. The monoisotopic (exact) mass is 474 g/mol. The molecule has 0 bridgehead atoms. The normalized spacial score (nSPS) is 15.7. The van der Waals surface area contributed by atoms with E-state index in [1.165, 1.54) is 54.3 Å². The van der Waals surface area contributed by atoms with Crippen LogP contribution in [0.3, 0.4) is 0 Å². The Morgan fingerprint density at radius 1 is 0.917 bits per heavy atom. The fraction of sp³-hybridized carbons (Fsp3) is 0.281. The van der Waals surface area contributed by atoms with E-state index in [0.717, 1.165) is 27.9 Å². The topological polar surface area (TPSA) is 52.0 Å². The zero-order valence-corrected chi connectivity index (χ0v) is 20.9. The Morgan fingerprint density at radius 2 is 1.72 bits per heavy atom. The third-order valence-electron chi connectivity index (χ3n) is 7.89. The lowest BCUT2D eigenvalue weighted by atomic mass is 9.81. The van der Waals surface area contributed by atoms with Crippen LogP contribution in [0.25, 0.3) is 33.8 Å². The number of fused-ring (bicyclic) bond motifs is 5. The summed E-state index contributed by atoms with van der Waals surface area (Å²) in [6, 6.07) is 18.4. The van der Waals surface area contributed by atoms with E-state index in [2.05, 4.69) is 52.0 Å². The van der Waals surface area contributed by atoms with E-state index in [1.807, 2.05) is 18.2 Å². The molecule has 0 saturated heterocycles. The van der Waals surface area contributed by atoms with Crippen molar-refractivity contribution in [3.8, 4) is 11.3 Å². The molecular formula is C32H30N2O2. The summed E-state index contributed by atoms with van der Waals surface area (Å²) < 4.78 is 2.38. The van der Waals surface area contributed by atoms with Crippen LogP contribution < -0.4 is 0 Å². The Hall–Kier alpha value is -3.79. The van der Waals surface area contributed by atoms with Crippen LogP contribution in [0.15, 0.2) is 60.8 Å². The molecule has 2 aliphatic rings. The molecule has 0 spiro atoms. The quantitative estimate of drug-likeness (QED) is 0.285. The van der Waals surface area contributed by atoms with E-state index in [4.69, 9.17) is 0 Å². The zero-order chi connectivity index (χ0) is 24.8. The van der Waals surface area contributed by atoms with E-state index >= 15 is 0 Å². The molecule has 4 aromatic rings. The fourth-order valence-corrected chi connectivity index (χ4v) is 6.19. The summed E-state index contributed by atoms with van der Waals surface area (Å²) in [5.41, 5.74) is 9.19. The summed E-state index contributed by atoms with van der Waals surface area (Å²) in [6.07, 6.45) is 10.1. The van der Waals surface area contributed by atoms with Gasteiger partial charge in [0.15, 0.2) is 11.6 Å². The molecule has 3 heterocycles. The van der Waals surface area contributed by atoms with E-state index in [-0.39, 0.29) is 11.6 Å². The highest BCUT2D eigenvalue weighted by atomic mass is 16.1. The minimum absolute atomic E-state index is 0.0101. The van der Waals surface area contributed by atoms with Crippen LogP contribution in [0.1, 0.15) is 89.4 Å². The molecule has 4 heteroatoms. The van der Waals surface area contributed by atoms with Crippen molar-refractivity contribution in [3.05, 3.63) is 88.7 Å². The molecule has 1 saturated carbocycles. The smallest absolute Gasteiger partial charge is 0.161 e. The van der Waals surface area contributed by atoms with Crippen molar-refractivity contribution in [3.63, 3.8) is 0 Å². The van der Waals surface area contributed by atoms with Gasteiger partial charge in [0.1, 0.15) is 0 Å². The van der Waals surface area contributed by atoms with Crippen molar-refractivity contribution in [1.29, 1.82) is 0 Å².